The third kappa shape index (κ3) is 3.39. The Morgan fingerprint density at radius 1 is 1.19 bits per heavy atom. The molecule has 0 radical (unpaired) electrons. The number of hydrogen-bond donors (Lipinski definition) is 1. The quantitative estimate of drug-likeness (QED) is 0.516. The first-order chi connectivity index (χ1) is 15.0. The van der Waals surface area contributed by atoms with Gasteiger partial charge in [0.25, 0.3) is 0 Å². The van der Waals surface area contributed by atoms with E-state index in [-0.39, 0.29) is 30.9 Å². The Morgan fingerprint density at radius 2 is 1.91 bits per heavy atom. The van der Waals surface area contributed by atoms with Gasteiger partial charge < -0.3 is 24.4 Å². The molecule has 32 heavy (non-hydrogen) atoms. The fraction of sp³-hybridized carbons (Fsp3) is 0.708. The van der Waals surface area contributed by atoms with Crippen molar-refractivity contribution in [3.63, 3.8) is 0 Å². The minimum Gasteiger partial charge on any atom is -0.461 e. The van der Waals surface area contributed by atoms with Crippen LogP contribution in [0.2, 0.25) is 0 Å². The summed E-state index contributed by atoms with van der Waals surface area (Å²) in [6.07, 6.45) is 7.05. The monoisotopic (exact) mass is 446 g/mol. The summed E-state index contributed by atoms with van der Waals surface area (Å²) in [6.45, 7) is 10.1. The number of carbonyl (C=O) groups is 3. The van der Waals surface area contributed by atoms with Gasteiger partial charge in [-0.2, -0.15) is 0 Å². The average molecular weight is 447 g/mol. The lowest BCUT2D eigenvalue weighted by Crippen LogP contribution is -2.60. The Hall–Kier alpha value is -2.19. The van der Waals surface area contributed by atoms with Crippen LogP contribution in [0.4, 0.5) is 0 Å². The highest BCUT2D eigenvalue weighted by Gasteiger charge is 2.72. The molecule has 1 spiro atoms. The molecule has 8 heteroatoms. The van der Waals surface area contributed by atoms with Crippen molar-refractivity contribution in [2.45, 2.75) is 70.4 Å². The molecule has 0 aromatic carbocycles. The van der Waals surface area contributed by atoms with Gasteiger partial charge in [0.2, 0.25) is 11.8 Å². The van der Waals surface area contributed by atoms with Gasteiger partial charge in [-0.15, -0.1) is 0 Å². The van der Waals surface area contributed by atoms with E-state index in [0.717, 1.165) is 0 Å². The number of likely N-dealkylation sites (tertiary alicyclic amines) is 1. The number of aliphatic hydroxyl groups is 1. The van der Waals surface area contributed by atoms with Crippen LogP contribution in [0.15, 0.2) is 24.3 Å². The van der Waals surface area contributed by atoms with Crippen LogP contribution in [0.1, 0.15) is 41.0 Å². The Kier molecular flexibility index (Phi) is 5.74. The minimum atomic E-state index is -1.28. The third-order valence-electron chi connectivity index (χ3n) is 7.01. The summed E-state index contributed by atoms with van der Waals surface area (Å²) in [7, 11) is 0. The second kappa shape index (κ2) is 7.99. The predicted octanol–water partition coefficient (Wildman–Crippen LogP) is 1.28. The Bertz CT molecular complexity index is 859. The van der Waals surface area contributed by atoms with Crippen molar-refractivity contribution in [1.29, 1.82) is 0 Å². The number of carbonyl (C=O) groups excluding carboxylic acids is 3. The summed E-state index contributed by atoms with van der Waals surface area (Å²) in [5.74, 6) is -2.55. The van der Waals surface area contributed by atoms with E-state index in [1.54, 1.807) is 17.1 Å². The molecule has 0 saturated carbocycles. The van der Waals surface area contributed by atoms with Gasteiger partial charge in [-0.1, -0.05) is 32.1 Å². The molecule has 4 aliphatic heterocycles. The smallest absolute Gasteiger partial charge is 0.313 e. The first kappa shape index (κ1) is 23.0. The maximum absolute atomic E-state index is 14.0. The highest BCUT2D eigenvalue weighted by molar-refractivity contribution is 5.99. The number of ether oxygens (including phenoxy) is 2. The number of nitrogens with zero attached hydrogens (tertiary/aromatic N) is 2. The van der Waals surface area contributed by atoms with Gasteiger partial charge in [0.1, 0.15) is 24.2 Å². The zero-order chi connectivity index (χ0) is 23.4. The number of rotatable bonds is 4. The molecule has 4 rings (SSSR count). The fourth-order valence-electron chi connectivity index (χ4n) is 5.73. The van der Waals surface area contributed by atoms with Crippen molar-refractivity contribution in [1.82, 2.24) is 9.80 Å². The molecule has 4 aliphatic rings. The van der Waals surface area contributed by atoms with Gasteiger partial charge >= 0.3 is 5.97 Å². The highest BCUT2D eigenvalue weighted by atomic mass is 16.6. The third-order valence-corrected chi connectivity index (χ3v) is 7.01. The van der Waals surface area contributed by atoms with E-state index in [4.69, 9.17) is 9.47 Å². The standard InChI is InChI=1S/C24H34N2O6/c1-14(2)12-15(13-27)26-19-21(29)25(23(3,4)5)10-7-9-24(19)18(20(26)28)17-16(32-24)8-6-11-31-22(17)30/h6-9,14-19,27H,10-13H2,1-5H3/t15-,16+,17-,18+,19?,24+/m1/s1. The molecule has 0 aliphatic carbocycles. The Labute approximate surface area is 189 Å². The molecule has 0 bridgehead atoms. The molecule has 1 N–H and O–H groups in total. The fourth-order valence-corrected chi connectivity index (χ4v) is 5.73. The molecule has 6 atom stereocenters. The summed E-state index contributed by atoms with van der Waals surface area (Å²) in [6, 6.07) is -1.51. The second-order valence-electron chi connectivity index (χ2n) is 10.6. The van der Waals surface area contributed by atoms with Crippen LogP contribution < -0.4 is 0 Å². The lowest BCUT2D eigenvalue weighted by Gasteiger charge is -2.42. The van der Waals surface area contributed by atoms with E-state index in [9.17, 15) is 19.5 Å². The van der Waals surface area contributed by atoms with Crippen molar-refractivity contribution < 1.29 is 29.0 Å². The lowest BCUT2D eigenvalue weighted by molar-refractivity contribution is -0.156. The summed E-state index contributed by atoms with van der Waals surface area (Å²) in [5, 5.41) is 10.2. The van der Waals surface area contributed by atoms with Crippen LogP contribution in [0.5, 0.6) is 0 Å². The summed E-state index contributed by atoms with van der Waals surface area (Å²) in [5.41, 5.74) is -1.76. The van der Waals surface area contributed by atoms with E-state index >= 15 is 0 Å². The summed E-state index contributed by atoms with van der Waals surface area (Å²) in [4.78, 5) is 44.1. The summed E-state index contributed by atoms with van der Waals surface area (Å²) >= 11 is 0. The molecule has 0 aromatic heterocycles. The molecular weight excluding hydrogens is 412 g/mol. The lowest BCUT2D eigenvalue weighted by atomic mass is 9.78. The topological polar surface area (TPSA) is 96.4 Å². The highest BCUT2D eigenvalue weighted by Crippen LogP contribution is 2.54. The van der Waals surface area contributed by atoms with Gasteiger partial charge in [-0.3, -0.25) is 14.4 Å². The molecule has 1 unspecified atom stereocenters. The van der Waals surface area contributed by atoms with Crippen molar-refractivity contribution in [3.8, 4) is 0 Å². The molecule has 2 saturated heterocycles. The van der Waals surface area contributed by atoms with E-state index in [2.05, 4.69) is 0 Å². The van der Waals surface area contributed by atoms with Crippen LogP contribution >= 0.6 is 0 Å². The summed E-state index contributed by atoms with van der Waals surface area (Å²) < 4.78 is 11.8. The van der Waals surface area contributed by atoms with E-state index in [0.29, 0.717) is 13.0 Å². The predicted molar refractivity (Wildman–Crippen MR) is 116 cm³/mol. The van der Waals surface area contributed by atoms with Crippen LogP contribution in [0.3, 0.4) is 0 Å². The van der Waals surface area contributed by atoms with Crippen molar-refractivity contribution in [3.05, 3.63) is 24.3 Å². The number of cyclic esters (lactones) is 1. The van der Waals surface area contributed by atoms with Crippen molar-refractivity contribution >= 4 is 17.8 Å². The molecular formula is C24H34N2O6. The maximum Gasteiger partial charge on any atom is 0.313 e. The first-order valence-corrected chi connectivity index (χ1v) is 11.5. The number of esters is 1. The van der Waals surface area contributed by atoms with Crippen LogP contribution in [-0.2, 0) is 23.9 Å². The maximum atomic E-state index is 14.0. The number of fused-ring (bicyclic) bond motifs is 2. The second-order valence-corrected chi connectivity index (χ2v) is 10.6. The number of hydrogen-bond acceptors (Lipinski definition) is 6. The zero-order valence-corrected chi connectivity index (χ0v) is 19.5. The van der Waals surface area contributed by atoms with E-state index in [1.807, 2.05) is 46.8 Å². The first-order valence-electron chi connectivity index (χ1n) is 11.5. The molecule has 8 nitrogen and oxygen atoms in total. The van der Waals surface area contributed by atoms with Crippen LogP contribution in [-0.4, -0.2) is 81.8 Å². The van der Waals surface area contributed by atoms with Gasteiger partial charge in [0.05, 0.1) is 24.7 Å². The van der Waals surface area contributed by atoms with Gasteiger partial charge in [-0.05, 0) is 39.2 Å². The van der Waals surface area contributed by atoms with Gasteiger partial charge in [0.15, 0.2) is 0 Å². The molecule has 0 aromatic rings. The average Bonchev–Trinajstić information content (AvgIpc) is 3.00. The Balaban J connectivity index is 1.87. The number of aliphatic hydroxyl groups excluding tert-OH is 1. The Morgan fingerprint density at radius 3 is 2.53 bits per heavy atom. The molecule has 2 fully saturated rings. The van der Waals surface area contributed by atoms with Gasteiger partial charge in [-0.25, -0.2) is 0 Å². The molecule has 2 amide bonds. The molecule has 176 valence electrons. The zero-order valence-electron chi connectivity index (χ0n) is 19.5. The van der Waals surface area contributed by atoms with E-state index in [1.165, 1.54) is 4.90 Å². The van der Waals surface area contributed by atoms with Crippen LogP contribution in [0.25, 0.3) is 0 Å². The van der Waals surface area contributed by atoms with Gasteiger partial charge in [0, 0.05) is 12.1 Å². The van der Waals surface area contributed by atoms with Crippen molar-refractivity contribution in [2.24, 2.45) is 17.8 Å². The normalized spacial score (nSPS) is 35.4. The minimum absolute atomic E-state index is 0.134. The largest absolute Gasteiger partial charge is 0.461 e. The SMILES string of the molecule is CC(C)C[C@H](CO)N1C(=O)[C@@H]2[C@@H]3C(=O)OCC=C[C@@H]3O[C@@]23C=CCN(C(C)(C)C)C(=O)C13. The van der Waals surface area contributed by atoms with E-state index < -0.39 is 47.1 Å². The molecule has 4 heterocycles. The van der Waals surface area contributed by atoms with Crippen LogP contribution in [0, 0.1) is 17.8 Å². The number of amides is 2. The van der Waals surface area contributed by atoms with Crippen molar-refractivity contribution in [2.75, 3.05) is 19.8 Å².